The van der Waals surface area contributed by atoms with Gasteiger partial charge < -0.3 is 29.5 Å². The van der Waals surface area contributed by atoms with Crippen molar-refractivity contribution in [2.75, 3.05) is 16.0 Å². The summed E-state index contributed by atoms with van der Waals surface area (Å²) in [6.07, 6.45) is -14.0. The topological polar surface area (TPSA) is 132 Å². The monoisotopic (exact) mass is 1120 g/mol. The highest BCUT2D eigenvalue weighted by Gasteiger charge is 2.38. The van der Waals surface area contributed by atoms with Crippen LogP contribution in [0.15, 0.2) is 141 Å². The van der Waals surface area contributed by atoms with E-state index in [0.29, 0.717) is 0 Å². The average Bonchev–Trinajstić information content (AvgIpc) is 3.22. The van der Waals surface area contributed by atoms with Crippen molar-refractivity contribution in [3.63, 3.8) is 0 Å². The van der Waals surface area contributed by atoms with Crippen molar-refractivity contribution >= 4 is 90.4 Å². The van der Waals surface area contributed by atoms with E-state index in [1.807, 2.05) is 0 Å². The van der Waals surface area contributed by atoms with E-state index in [1.54, 1.807) is 0 Å². The fraction of sp³-hybridized carbons (Fsp3) is 0.0714. The van der Waals surface area contributed by atoms with Crippen LogP contribution in [-0.2, 0) is 23.1 Å². The van der Waals surface area contributed by atoms with Gasteiger partial charge in [0.15, 0.2) is 0 Å². The highest BCUT2D eigenvalue weighted by molar-refractivity contribution is 9.11. The van der Waals surface area contributed by atoms with E-state index in [4.69, 9.17) is 13.6 Å². The molecule has 65 heavy (non-hydrogen) atoms. The van der Waals surface area contributed by atoms with Gasteiger partial charge in [0, 0.05) is 30.5 Å². The quantitative estimate of drug-likeness (QED) is 0.0821. The molecule has 6 rings (SSSR count). The maximum Gasteiger partial charge on any atom is 0.647 e. The van der Waals surface area contributed by atoms with Gasteiger partial charge in [-0.1, -0.05) is 47.8 Å². The Balaban J connectivity index is 1.39. The Morgan fingerprint density at radius 3 is 0.846 bits per heavy atom. The summed E-state index contributed by atoms with van der Waals surface area (Å²) in [5.41, 5.74) is -4.50. The predicted molar refractivity (Wildman–Crippen MR) is 230 cm³/mol. The molecule has 10 nitrogen and oxygen atoms in total. The maximum absolute atomic E-state index is 15.2. The van der Waals surface area contributed by atoms with Crippen molar-refractivity contribution in [1.29, 1.82) is 0 Å². The number of hydrogen-bond donors (Lipinski definition) is 3. The Morgan fingerprint density at radius 1 is 0.400 bits per heavy atom. The molecule has 0 spiro atoms. The van der Waals surface area contributed by atoms with Crippen molar-refractivity contribution in [1.82, 2.24) is 0 Å². The number of phosphoric ester groups is 1. The second-order valence-corrected chi connectivity index (χ2v) is 17.4. The normalized spacial score (nSPS) is 11.9. The van der Waals surface area contributed by atoms with Crippen molar-refractivity contribution in [2.24, 2.45) is 0 Å². The number of hydrogen-bond acceptors (Lipinski definition) is 7. The number of halogens is 12. The number of benzene rings is 6. The summed E-state index contributed by atoms with van der Waals surface area (Å²) in [6.45, 7) is 0. The van der Waals surface area contributed by atoms with Crippen LogP contribution in [-0.4, -0.2) is 17.7 Å². The number of rotatable bonds is 12. The van der Waals surface area contributed by atoms with Crippen LogP contribution < -0.4 is 29.5 Å². The first-order valence-corrected chi connectivity index (χ1v) is 21.7. The third kappa shape index (κ3) is 12.7. The molecule has 0 fully saturated rings. The minimum Gasteiger partial charge on any atom is -0.385 e. The van der Waals surface area contributed by atoms with Crippen LogP contribution in [0.5, 0.6) is 17.2 Å². The Hall–Kier alpha value is -5.83. The number of anilines is 3. The Morgan fingerprint density at radius 2 is 0.631 bits per heavy atom. The molecule has 0 saturated heterocycles. The number of amides is 3. The lowest BCUT2D eigenvalue weighted by atomic mass is 10.1. The summed E-state index contributed by atoms with van der Waals surface area (Å²) < 4.78 is 152. The Labute approximate surface area is 386 Å². The van der Waals surface area contributed by atoms with Crippen LogP contribution in [0.2, 0.25) is 0 Å². The lowest BCUT2D eigenvalue weighted by molar-refractivity contribution is -0.138. The van der Waals surface area contributed by atoms with Crippen LogP contribution in [0.1, 0.15) is 47.8 Å². The third-order valence-corrected chi connectivity index (χ3v) is 11.3. The summed E-state index contributed by atoms with van der Waals surface area (Å²) in [7, 11) is -5.41. The molecule has 0 aliphatic heterocycles. The van der Waals surface area contributed by atoms with Crippen LogP contribution in [0, 0.1) is 0 Å². The Kier molecular flexibility index (Phi) is 14.5. The molecule has 6 aromatic carbocycles. The molecule has 6 aromatic rings. The minimum atomic E-state index is -5.41. The molecule has 23 heteroatoms. The molecule has 0 bridgehead atoms. The van der Waals surface area contributed by atoms with Gasteiger partial charge in [-0.25, -0.2) is 0 Å². The van der Waals surface area contributed by atoms with Crippen LogP contribution >= 0.6 is 55.6 Å². The number of carbonyl (C=O) groups excluding carboxylic acids is 3. The smallest absolute Gasteiger partial charge is 0.385 e. The first kappa shape index (κ1) is 48.6. The van der Waals surface area contributed by atoms with Gasteiger partial charge >= 0.3 is 26.4 Å². The van der Waals surface area contributed by atoms with Crippen molar-refractivity contribution in [3.8, 4) is 17.2 Å². The predicted octanol–water partition coefficient (Wildman–Crippen LogP) is 14.4. The van der Waals surface area contributed by atoms with Gasteiger partial charge in [-0.15, -0.1) is 0 Å². The lowest BCUT2D eigenvalue weighted by Crippen LogP contribution is -2.18. The van der Waals surface area contributed by atoms with E-state index in [0.717, 1.165) is 91.0 Å². The van der Waals surface area contributed by atoms with Crippen molar-refractivity contribution < 1.29 is 72.0 Å². The molecule has 3 N–H and O–H groups in total. The molecular formula is C42H24Br3F9N3O7P. The highest BCUT2D eigenvalue weighted by atomic mass is 79.9. The number of alkyl halides is 9. The lowest BCUT2D eigenvalue weighted by Gasteiger charge is -2.23. The van der Waals surface area contributed by atoms with Gasteiger partial charge in [-0.05, 0) is 127 Å². The third-order valence-electron chi connectivity index (χ3n) is 8.60. The van der Waals surface area contributed by atoms with E-state index in [9.17, 15) is 53.9 Å². The van der Waals surface area contributed by atoms with Gasteiger partial charge in [-0.3, -0.25) is 14.4 Å². The molecule has 0 unspecified atom stereocenters. The second kappa shape index (κ2) is 19.3. The average molecular weight is 1120 g/mol. The standard InChI is InChI=1S/C42H24Br3F9N3O7P/c43-25-7-16-34(31(19-25)37(58)55-28-10-1-22(2-11-28)40(46,47)48)62-65(61,63-35-17-8-26(44)20-32(35)38(59)56-29-12-3-23(4-13-29)41(49,50)51)64-36-18-9-27(45)21-33(36)39(60)57-30-14-5-24(6-15-30)42(52,53)54/h1-21H,(H,55,58)(H,56,59)(H,57,60). The summed E-state index contributed by atoms with van der Waals surface area (Å²) in [5.74, 6) is -4.64. The molecule has 0 saturated carbocycles. The molecule has 338 valence electrons. The molecule has 0 aromatic heterocycles. The fourth-order valence-electron chi connectivity index (χ4n) is 5.52. The molecular weight excluding hydrogens is 1100 g/mol. The molecule has 3 amide bonds. The molecule has 0 aliphatic carbocycles. The first-order chi connectivity index (χ1) is 30.4. The van der Waals surface area contributed by atoms with E-state index in [2.05, 4.69) is 63.7 Å². The van der Waals surface area contributed by atoms with Gasteiger partial charge in [-0.2, -0.15) is 44.1 Å². The van der Waals surface area contributed by atoms with E-state index >= 15 is 4.57 Å². The minimum absolute atomic E-state index is 0.0956. The molecule has 0 aliphatic rings. The molecule has 0 heterocycles. The SMILES string of the molecule is O=C(Nc1ccc(C(F)(F)F)cc1)c1cc(Br)ccc1OP(=O)(Oc1ccc(Br)cc1C(=O)Nc1ccc(C(F)(F)F)cc1)Oc1ccc(Br)cc1C(=O)Nc1ccc(C(F)(F)F)cc1. The van der Waals surface area contributed by atoms with Crippen molar-refractivity contribution in [2.45, 2.75) is 18.5 Å². The summed E-state index contributed by atoms with van der Waals surface area (Å²) in [4.78, 5) is 41.1. The first-order valence-electron chi connectivity index (χ1n) is 17.9. The van der Waals surface area contributed by atoms with Gasteiger partial charge in [0.25, 0.3) is 17.7 Å². The van der Waals surface area contributed by atoms with E-state index in [1.165, 1.54) is 36.4 Å². The van der Waals surface area contributed by atoms with Crippen LogP contribution in [0.25, 0.3) is 0 Å². The second-order valence-electron chi connectivity index (χ2n) is 13.2. The molecule has 0 radical (unpaired) electrons. The largest absolute Gasteiger partial charge is 0.647 e. The Bertz CT molecular complexity index is 2510. The van der Waals surface area contributed by atoms with E-state index < -0.39 is 94.7 Å². The van der Waals surface area contributed by atoms with Crippen LogP contribution in [0.4, 0.5) is 56.6 Å². The summed E-state index contributed by atoms with van der Waals surface area (Å²) in [5, 5.41) is 7.20. The zero-order valence-corrected chi connectivity index (χ0v) is 37.6. The molecule has 0 atom stereocenters. The number of carbonyl (C=O) groups is 3. The van der Waals surface area contributed by atoms with Gasteiger partial charge in [0.1, 0.15) is 17.2 Å². The number of nitrogens with one attached hydrogen (secondary N) is 3. The van der Waals surface area contributed by atoms with Gasteiger partial charge in [0.05, 0.1) is 33.4 Å². The summed E-state index contributed by atoms with van der Waals surface area (Å²) in [6, 6.07) is 21.1. The fourth-order valence-corrected chi connectivity index (χ4v) is 7.91. The summed E-state index contributed by atoms with van der Waals surface area (Å²) >= 11 is 9.64. The van der Waals surface area contributed by atoms with Crippen molar-refractivity contribution in [3.05, 3.63) is 174 Å². The highest BCUT2D eigenvalue weighted by Crippen LogP contribution is 2.52. The van der Waals surface area contributed by atoms with Gasteiger partial charge in [0.2, 0.25) is 0 Å². The number of phosphoric acid groups is 1. The maximum atomic E-state index is 15.2. The van der Waals surface area contributed by atoms with E-state index in [-0.39, 0.29) is 30.5 Å². The zero-order valence-electron chi connectivity index (χ0n) is 32.0. The zero-order chi connectivity index (χ0) is 47.5. The van der Waals surface area contributed by atoms with Crippen LogP contribution in [0.3, 0.4) is 0 Å².